The zero-order valence-electron chi connectivity index (χ0n) is 23.2. The van der Waals surface area contributed by atoms with Crippen LogP contribution in [0.2, 0.25) is 0 Å². The van der Waals surface area contributed by atoms with Crippen LogP contribution in [0.4, 0.5) is 0 Å². The van der Waals surface area contributed by atoms with E-state index in [2.05, 4.69) is 68.0 Å². The number of allylic oxidation sites excluding steroid dienone is 2. The Morgan fingerprint density at radius 1 is 1.26 bits per heavy atom. The molecule has 1 fully saturated rings. The van der Waals surface area contributed by atoms with Gasteiger partial charge in [0.05, 0.1) is 11.8 Å². The molecule has 5 rings (SSSR count). The van der Waals surface area contributed by atoms with Gasteiger partial charge in [0.1, 0.15) is 17.0 Å². The van der Waals surface area contributed by atoms with Gasteiger partial charge in [-0.2, -0.15) is 5.10 Å². The molecule has 38 heavy (non-hydrogen) atoms. The summed E-state index contributed by atoms with van der Waals surface area (Å²) < 4.78 is 8.15. The molecule has 0 radical (unpaired) electrons. The van der Waals surface area contributed by atoms with Gasteiger partial charge in [-0.05, 0) is 94.7 Å². The maximum Gasteiger partial charge on any atom is 0.161 e. The second kappa shape index (κ2) is 9.80. The summed E-state index contributed by atoms with van der Waals surface area (Å²) in [5.74, 6) is 1.12. The van der Waals surface area contributed by atoms with Crippen LogP contribution in [0.3, 0.4) is 0 Å². The van der Waals surface area contributed by atoms with E-state index in [4.69, 9.17) is 4.74 Å². The van der Waals surface area contributed by atoms with E-state index in [1.54, 1.807) is 16.9 Å². The second-order valence-corrected chi connectivity index (χ2v) is 12.3. The van der Waals surface area contributed by atoms with Crippen molar-refractivity contribution >= 4 is 5.65 Å². The van der Waals surface area contributed by atoms with Gasteiger partial charge in [-0.25, -0.2) is 9.50 Å². The number of likely N-dealkylation sites (tertiary alicyclic amines) is 1. The number of aliphatic hydroxyl groups is 1. The number of fused-ring (bicyclic) bond motifs is 1. The van der Waals surface area contributed by atoms with E-state index in [1.165, 1.54) is 11.1 Å². The Labute approximate surface area is 230 Å². The average Bonchev–Trinajstić information content (AvgIpc) is 3.43. The Morgan fingerprint density at radius 3 is 2.63 bits per heavy atom. The van der Waals surface area contributed by atoms with Gasteiger partial charge in [0.15, 0.2) is 5.65 Å². The summed E-state index contributed by atoms with van der Waals surface area (Å²) in [5, 5.41) is 16.2. The van der Waals surface area contributed by atoms with Gasteiger partial charge >= 0.3 is 0 Å². The summed E-state index contributed by atoms with van der Waals surface area (Å²) >= 11 is 0. The molecule has 2 aliphatic heterocycles. The van der Waals surface area contributed by atoms with Crippen molar-refractivity contribution in [1.29, 1.82) is 0 Å². The molecule has 4 heterocycles. The number of ether oxygens (including phenoxy) is 1. The highest BCUT2D eigenvalue weighted by atomic mass is 16.5. The van der Waals surface area contributed by atoms with E-state index in [-0.39, 0.29) is 25.4 Å². The van der Waals surface area contributed by atoms with Gasteiger partial charge in [-0.15, -0.1) is 6.58 Å². The Bertz CT molecular complexity index is 1300. The van der Waals surface area contributed by atoms with Crippen molar-refractivity contribution in [2.45, 2.75) is 97.3 Å². The Morgan fingerprint density at radius 2 is 1.97 bits per heavy atom. The topological polar surface area (TPSA) is 62.9 Å². The van der Waals surface area contributed by atoms with Crippen LogP contribution >= 0.6 is 0 Å². The molecule has 0 aromatic carbocycles. The molecule has 0 spiro atoms. The molecular weight excluding hydrogens is 472 g/mol. The number of piperidine rings is 1. The smallest absolute Gasteiger partial charge is 0.161 e. The van der Waals surface area contributed by atoms with Crippen LogP contribution in [0.25, 0.3) is 5.65 Å². The van der Waals surface area contributed by atoms with Crippen LogP contribution in [0.15, 0.2) is 72.4 Å². The second-order valence-electron chi connectivity index (χ2n) is 12.3. The molecule has 0 saturated carbocycles. The minimum atomic E-state index is -1.26. The molecule has 2 unspecified atom stereocenters. The third-order valence-corrected chi connectivity index (χ3v) is 9.41. The standard InChI is InChI=1S/C31H42N4O2.CH4.H2/c1-8-31(9-2)11-15-34(16-12-31)29(6)20-26-23(19-28(4,5)37-26)18-24(29)17-22(3)30(7,36)25-21-33-35-14-10-13-32-27(25)35;;/h8,10,13-14,18,21,36H,1,3,9,11-12,15-17,19-20H2,2,4-7H3;1H4;1H. The summed E-state index contributed by atoms with van der Waals surface area (Å²) in [6.07, 6.45) is 15.5. The predicted molar refractivity (Wildman–Crippen MR) is 157 cm³/mol. The van der Waals surface area contributed by atoms with Crippen LogP contribution in [-0.2, 0) is 10.3 Å². The highest BCUT2D eigenvalue weighted by Gasteiger charge is 2.47. The molecule has 1 N–H and O–H groups in total. The van der Waals surface area contributed by atoms with Gasteiger partial charge in [0.2, 0.25) is 0 Å². The predicted octanol–water partition coefficient (Wildman–Crippen LogP) is 6.99. The maximum atomic E-state index is 11.8. The number of hydrogen-bond acceptors (Lipinski definition) is 5. The van der Waals surface area contributed by atoms with E-state index in [0.717, 1.165) is 56.5 Å². The quantitative estimate of drug-likeness (QED) is 0.399. The lowest BCUT2D eigenvalue weighted by Gasteiger charge is -2.50. The monoisotopic (exact) mass is 520 g/mol. The highest BCUT2D eigenvalue weighted by Crippen LogP contribution is 2.50. The molecule has 3 aliphatic rings. The van der Waals surface area contributed by atoms with Crippen LogP contribution in [0, 0.1) is 5.41 Å². The fourth-order valence-corrected chi connectivity index (χ4v) is 6.53. The SMILES string of the molecule is C.C=CC1(CC)CCN(C2(C)CC3=C(C=C2CC(=C)C(C)(O)c2cnn4cccnc24)CC(C)(C)O3)CC1.[HH]. The van der Waals surface area contributed by atoms with Crippen molar-refractivity contribution in [1.82, 2.24) is 19.5 Å². The minimum absolute atomic E-state index is 0. The van der Waals surface area contributed by atoms with Gasteiger partial charge in [-0.3, -0.25) is 4.90 Å². The van der Waals surface area contributed by atoms with Crippen molar-refractivity contribution < 1.29 is 11.3 Å². The Kier molecular flexibility index (Phi) is 7.30. The van der Waals surface area contributed by atoms with Crippen molar-refractivity contribution in [3.63, 3.8) is 0 Å². The molecule has 0 amide bonds. The number of nitrogens with zero attached hydrogens (tertiary/aromatic N) is 4. The number of aromatic nitrogens is 3. The molecular formula is C32H48N4O2. The van der Waals surface area contributed by atoms with Crippen molar-refractivity contribution in [3.05, 3.63) is 78.0 Å². The highest BCUT2D eigenvalue weighted by molar-refractivity contribution is 5.53. The molecule has 1 aliphatic carbocycles. The summed E-state index contributed by atoms with van der Waals surface area (Å²) in [4.78, 5) is 7.10. The molecule has 208 valence electrons. The lowest BCUT2D eigenvalue weighted by molar-refractivity contribution is 0.0217. The van der Waals surface area contributed by atoms with Crippen molar-refractivity contribution in [3.8, 4) is 0 Å². The molecule has 0 bridgehead atoms. The Hall–Kier alpha value is -2.70. The fraction of sp³-hybridized carbons (Fsp3) is 0.562. The molecule has 2 atom stereocenters. The van der Waals surface area contributed by atoms with Gasteiger partial charge in [-0.1, -0.05) is 33.1 Å². The van der Waals surface area contributed by atoms with E-state index in [1.807, 2.05) is 19.2 Å². The third kappa shape index (κ3) is 4.66. The lowest BCUT2D eigenvalue weighted by Crippen LogP contribution is -2.54. The fourth-order valence-electron chi connectivity index (χ4n) is 6.53. The van der Waals surface area contributed by atoms with Crippen LogP contribution in [-0.4, -0.2) is 48.8 Å². The molecule has 6 heteroatoms. The first kappa shape index (κ1) is 28.3. The number of rotatable bonds is 7. The van der Waals surface area contributed by atoms with E-state index in [9.17, 15) is 5.11 Å². The van der Waals surface area contributed by atoms with E-state index in [0.29, 0.717) is 17.6 Å². The maximum absolute atomic E-state index is 11.8. The first-order valence-electron chi connectivity index (χ1n) is 13.6. The molecule has 2 aromatic rings. The zero-order valence-corrected chi connectivity index (χ0v) is 23.2. The summed E-state index contributed by atoms with van der Waals surface area (Å²) in [5.41, 5.74) is 3.23. The molecule has 1 saturated heterocycles. The van der Waals surface area contributed by atoms with Crippen LogP contribution in [0.1, 0.15) is 87.6 Å². The van der Waals surface area contributed by atoms with Crippen molar-refractivity contribution in [2.24, 2.45) is 5.41 Å². The summed E-state index contributed by atoms with van der Waals surface area (Å²) in [7, 11) is 0. The first-order valence-corrected chi connectivity index (χ1v) is 13.6. The number of hydrogen-bond donors (Lipinski definition) is 1. The minimum Gasteiger partial charge on any atom is -0.491 e. The first-order chi connectivity index (χ1) is 17.4. The summed E-state index contributed by atoms with van der Waals surface area (Å²) in [6, 6.07) is 1.83. The normalized spacial score (nSPS) is 26.1. The van der Waals surface area contributed by atoms with Crippen LogP contribution < -0.4 is 0 Å². The van der Waals surface area contributed by atoms with Gasteiger partial charge in [0.25, 0.3) is 0 Å². The van der Waals surface area contributed by atoms with Crippen molar-refractivity contribution in [2.75, 3.05) is 13.1 Å². The largest absolute Gasteiger partial charge is 0.491 e. The Balaban J connectivity index is 0.00000210. The van der Waals surface area contributed by atoms with Gasteiger partial charge < -0.3 is 9.84 Å². The van der Waals surface area contributed by atoms with Crippen LogP contribution in [0.5, 0.6) is 0 Å². The molecule has 2 aromatic heterocycles. The third-order valence-electron chi connectivity index (χ3n) is 9.41. The zero-order chi connectivity index (χ0) is 26.6. The van der Waals surface area contributed by atoms with E-state index < -0.39 is 5.60 Å². The summed E-state index contributed by atoms with van der Waals surface area (Å²) in [6.45, 7) is 21.4. The van der Waals surface area contributed by atoms with Gasteiger partial charge in [0, 0.05) is 32.2 Å². The average molecular weight is 521 g/mol. The van der Waals surface area contributed by atoms with E-state index >= 15 is 0 Å². The molecule has 6 nitrogen and oxygen atoms in total. The lowest BCUT2D eigenvalue weighted by atomic mass is 9.71.